The molecule has 2 aromatic carbocycles. The number of carbonyl (C=O) groups is 1. The van der Waals surface area contributed by atoms with E-state index in [-0.39, 0.29) is 6.61 Å². The van der Waals surface area contributed by atoms with Crippen LogP contribution in [0.1, 0.15) is 39.5 Å². The van der Waals surface area contributed by atoms with Crippen LogP contribution >= 0.6 is 0 Å². The standard InChI is InChI=1S/C37H30N4O3/c1-21-31-12-9-27(38-31)18-28-19-30(26-6-4-5-25(17-26)24-7-10-29(11-8-24)44-20-36(42)43)37(39-28)23(3)35-16-15-34(41-35)22(2)33-14-13-32(21)40-33/h4-19,39-40H,20H2,1-3H3,(H,42,43). The number of carboxylic acids is 1. The zero-order valence-electron chi connectivity index (χ0n) is 24.6. The lowest BCUT2D eigenvalue weighted by Gasteiger charge is -2.08. The number of benzene rings is 2. The van der Waals surface area contributed by atoms with Gasteiger partial charge in [-0.25, -0.2) is 14.8 Å². The van der Waals surface area contributed by atoms with Gasteiger partial charge in [-0.3, -0.25) is 0 Å². The highest BCUT2D eigenvalue weighted by Crippen LogP contribution is 2.34. The minimum absolute atomic E-state index is 0.371. The molecule has 8 bridgehead atoms. The number of aliphatic carboxylic acids is 1. The molecule has 0 atom stereocenters. The Morgan fingerprint density at radius 3 is 2.09 bits per heavy atom. The van der Waals surface area contributed by atoms with Gasteiger partial charge >= 0.3 is 5.97 Å². The molecule has 3 N–H and O–H groups in total. The number of carboxylic acid groups (broad SMARTS) is 1. The first kappa shape index (κ1) is 27.2. The fourth-order valence-electron chi connectivity index (χ4n) is 5.67. The molecule has 2 aliphatic heterocycles. The fourth-order valence-corrected chi connectivity index (χ4v) is 5.67. The van der Waals surface area contributed by atoms with E-state index >= 15 is 0 Å². The van der Waals surface area contributed by atoms with Gasteiger partial charge in [0.1, 0.15) is 5.75 Å². The molecule has 216 valence electrons. The lowest BCUT2D eigenvalue weighted by atomic mass is 9.98. The lowest BCUT2D eigenvalue weighted by Crippen LogP contribution is -2.09. The second-order valence-corrected chi connectivity index (χ2v) is 11.1. The molecule has 3 aromatic heterocycles. The van der Waals surface area contributed by atoms with E-state index in [1.54, 1.807) is 12.1 Å². The Bertz CT molecular complexity index is 2180. The van der Waals surface area contributed by atoms with Crippen LogP contribution in [0.2, 0.25) is 0 Å². The molecule has 0 saturated heterocycles. The molecular formula is C37H30N4O3. The Morgan fingerprint density at radius 1 is 0.705 bits per heavy atom. The first-order valence-corrected chi connectivity index (χ1v) is 14.4. The van der Waals surface area contributed by atoms with Gasteiger partial charge < -0.3 is 19.8 Å². The molecule has 0 aliphatic carbocycles. The first-order valence-electron chi connectivity index (χ1n) is 14.4. The third-order valence-corrected chi connectivity index (χ3v) is 8.19. The molecule has 0 unspecified atom stereocenters. The summed E-state index contributed by atoms with van der Waals surface area (Å²) in [6.45, 7) is 5.92. The zero-order valence-corrected chi connectivity index (χ0v) is 24.6. The Labute approximate surface area is 254 Å². The highest BCUT2D eigenvalue weighted by atomic mass is 16.5. The summed E-state index contributed by atoms with van der Waals surface area (Å²) in [5.74, 6) is -0.487. The Balaban J connectivity index is 1.41. The molecule has 44 heavy (non-hydrogen) atoms. The molecule has 0 saturated carbocycles. The number of nitrogens with zero attached hydrogens (tertiary/aromatic N) is 2. The van der Waals surface area contributed by atoms with E-state index in [1.165, 1.54) is 0 Å². The van der Waals surface area contributed by atoms with Crippen molar-refractivity contribution in [2.24, 2.45) is 0 Å². The summed E-state index contributed by atoms with van der Waals surface area (Å²) in [7, 11) is 0. The predicted octanol–water partition coefficient (Wildman–Crippen LogP) is 8.38. The van der Waals surface area contributed by atoms with E-state index in [0.29, 0.717) is 5.75 Å². The highest BCUT2D eigenvalue weighted by Gasteiger charge is 2.13. The van der Waals surface area contributed by atoms with Crippen LogP contribution in [0.3, 0.4) is 0 Å². The maximum Gasteiger partial charge on any atom is 0.341 e. The summed E-state index contributed by atoms with van der Waals surface area (Å²) in [5, 5.41) is 8.90. The van der Waals surface area contributed by atoms with Crippen molar-refractivity contribution in [3.05, 3.63) is 112 Å². The van der Waals surface area contributed by atoms with Crippen molar-refractivity contribution in [3.63, 3.8) is 0 Å². The lowest BCUT2D eigenvalue weighted by molar-refractivity contribution is -0.139. The predicted molar refractivity (Wildman–Crippen MR) is 177 cm³/mol. The van der Waals surface area contributed by atoms with Gasteiger partial charge in [-0.05, 0) is 121 Å². The van der Waals surface area contributed by atoms with Crippen LogP contribution in [0.25, 0.3) is 68.6 Å². The van der Waals surface area contributed by atoms with Crippen LogP contribution in [0.15, 0.2) is 72.8 Å². The number of hydrogen-bond donors (Lipinski definition) is 3. The molecule has 7 rings (SSSR count). The summed E-state index contributed by atoms with van der Waals surface area (Å²) in [6, 6.07) is 24.3. The number of aromatic nitrogens is 4. The van der Waals surface area contributed by atoms with Crippen molar-refractivity contribution in [1.29, 1.82) is 0 Å². The Morgan fingerprint density at radius 2 is 1.36 bits per heavy atom. The SMILES string of the molecule is Cc1c2nc(cc3cc(-c4cccc(-c5ccc(OCC(=O)O)cc5)c4)c([nH]3)c(C)c3nc(c(C)c4ccc1[nH]4)C=C3)C=C2. The molecule has 0 radical (unpaired) electrons. The largest absolute Gasteiger partial charge is 0.482 e. The van der Waals surface area contributed by atoms with Crippen molar-refractivity contribution < 1.29 is 14.6 Å². The van der Waals surface area contributed by atoms with E-state index in [2.05, 4.69) is 97.5 Å². The molecular weight excluding hydrogens is 548 g/mol. The number of aryl methyl sites for hydroxylation is 3. The van der Waals surface area contributed by atoms with Crippen LogP contribution in [-0.4, -0.2) is 37.6 Å². The van der Waals surface area contributed by atoms with Crippen molar-refractivity contribution in [1.82, 2.24) is 19.9 Å². The molecule has 0 spiro atoms. The second-order valence-electron chi connectivity index (χ2n) is 11.1. The van der Waals surface area contributed by atoms with Crippen molar-refractivity contribution in [2.45, 2.75) is 20.8 Å². The maximum atomic E-state index is 10.9. The fraction of sp³-hybridized carbons (Fsp3) is 0.108. The number of aromatic amines is 2. The minimum Gasteiger partial charge on any atom is -0.482 e. The molecule has 5 aromatic rings. The number of H-pyrrole nitrogens is 2. The molecule has 7 nitrogen and oxygen atoms in total. The number of hydrogen-bond acceptors (Lipinski definition) is 4. The number of rotatable bonds is 5. The number of nitrogens with one attached hydrogen (secondary N) is 2. The third kappa shape index (κ3) is 5.09. The summed E-state index contributed by atoms with van der Waals surface area (Å²) < 4.78 is 5.31. The topological polar surface area (TPSA) is 104 Å². The smallest absolute Gasteiger partial charge is 0.341 e. The van der Waals surface area contributed by atoms with Gasteiger partial charge in [0.25, 0.3) is 0 Å². The monoisotopic (exact) mass is 578 g/mol. The highest BCUT2D eigenvalue weighted by molar-refractivity contribution is 5.91. The normalized spacial score (nSPS) is 12.1. The van der Waals surface area contributed by atoms with Crippen molar-refractivity contribution in [3.8, 4) is 28.0 Å². The average molecular weight is 579 g/mol. The van der Waals surface area contributed by atoms with Crippen LogP contribution < -0.4 is 4.74 Å². The van der Waals surface area contributed by atoms with E-state index in [1.807, 2.05) is 18.2 Å². The van der Waals surface area contributed by atoms with Gasteiger partial charge in [-0.1, -0.05) is 30.3 Å². The number of ether oxygens (including phenoxy) is 1. The minimum atomic E-state index is -1.00. The van der Waals surface area contributed by atoms with Gasteiger partial charge in [0, 0.05) is 22.1 Å². The molecule has 0 fully saturated rings. The number of fused-ring (bicyclic) bond motifs is 8. The van der Waals surface area contributed by atoms with E-state index in [9.17, 15) is 4.79 Å². The summed E-state index contributed by atoms with van der Waals surface area (Å²) >= 11 is 0. The zero-order chi connectivity index (χ0) is 30.4. The summed E-state index contributed by atoms with van der Waals surface area (Å²) in [4.78, 5) is 28.0. The van der Waals surface area contributed by atoms with Crippen LogP contribution in [0.4, 0.5) is 0 Å². The van der Waals surface area contributed by atoms with Gasteiger partial charge in [0.2, 0.25) is 0 Å². The van der Waals surface area contributed by atoms with Gasteiger partial charge in [-0.15, -0.1) is 0 Å². The van der Waals surface area contributed by atoms with E-state index in [0.717, 1.165) is 83.8 Å². The summed E-state index contributed by atoms with van der Waals surface area (Å²) in [5.41, 5.74) is 15.1. The van der Waals surface area contributed by atoms with Gasteiger partial charge in [-0.2, -0.15) is 0 Å². The van der Waals surface area contributed by atoms with Gasteiger partial charge in [0.05, 0.1) is 28.3 Å². The first-order chi connectivity index (χ1) is 21.3. The Hall–Kier alpha value is -5.69. The van der Waals surface area contributed by atoms with E-state index < -0.39 is 5.97 Å². The van der Waals surface area contributed by atoms with Crippen molar-refractivity contribution >= 4 is 52.3 Å². The van der Waals surface area contributed by atoms with Crippen LogP contribution in [0, 0.1) is 20.8 Å². The molecule has 2 aliphatic rings. The van der Waals surface area contributed by atoms with Crippen molar-refractivity contribution in [2.75, 3.05) is 6.61 Å². The molecule has 5 heterocycles. The molecule has 0 amide bonds. The van der Waals surface area contributed by atoms with Gasteiger partial charge in [0.15, 0.2) is 6.61 Å². The van der Waals surface area contributed by atoms with Crippen LogP contribution in [0.5, 0.6) is 5.75 Å². The summed E-state index contributed by atoms with van der Waals surface area (Å²) in [6.07, 6.45) is 8.26. The maximum absolute atomic E-state index is 10.9. The second kappa shape index (κ2) is 10.9. The molecule has 7 heteroatoms. The van der Waals surface area contributed by atoms with E-state index in [4.69, 9.17) is 19.8 Å². The average Bonchev–Trinajstić information content (AvgIpc) is 3.86. The Kier molecular flexibility index (Phi) is 6.70. The van der Waals surface area contributed by atoms with Crippen LogP contribution in [-0.2, 0) is 4.79 Å². The third-order valence-electron chi connectivity index (χ3n) is 8.19. The quantitative estimate of drug-likeness (QED) is 0.190.